The molecule has 268 valence electrons. The first kappa shape index (κ1) is 34.7. The lowest BCUT2D eigenvalue weighted by molar-refractivity contribution is 0.291. The van der Waals surface area contributed by atoms with E-state index in [2.05, 4.69) is 114 Å². The van der Waals surface area contributed by atoms with E-state index in [4.69, 9.17) is 0 Å². The van der Waals surface area contributed by atoms with Crippen LogP contribution in [-0.2, 0) is 0 Å². The molecule has 10 rings (SSSR count). The zero-order chi connectivity index (χ0) is 36.1. The van der Waals surface area contributed by atoms with Gasteiger partial charge in [0.25, 0.3) is 0 Å². The number of piperazine rings is 2. The third-order valence-electron chi connectivity index (χ3n) is 9.75. The molecule has 0 bridgehead atoms. The summed E-state index contributed by atoms with van der Waals surface area (Å²) in [6, 6.07) is 16.4. The number of aromatic nitrogens is 8. The summed E-state index contributed by atoms with van der Waals surface area (Å²) in [7, 11) is 4.33. The SMILES string of the molecule is Brc1cnc2[nH]c3cnc(-c4cccnc4)cc3c2c1.CN1CCN(c2cnc3[nH]c4cnc(-c5cccnc5)cc4c3c2)CC1.CN1CCNCC1. The molecule has 53 heavy (non-hydrogen) atoms. The summed E-state index contributed by atoms with van der Waals surface area (Å²) in [6.07, 6.45) is 14.7. The molecule has 12 nitrogen and oxygen atoms in total. The van der Waals surface area contributed by atoms with E-state index in [1.807, 2.05) is 55.2 Å². The summed E-state index contributed by atoms with van der Waals surface area (Å²) in [5.41, 5.74) is 8.82. The maximum Gasteiger partial charge on any atom is 0.138 e. The number of hydrogen-bond donors (Lipinski definition) is 3. The molecule has 0 aromatic carbocycles. The second-order valence-electron chi connectivity index (χ2n) is 13.4. The first-order valence-electron chi connectivity index (χ1n) is 17.8. The van der Waals surface area contributed by atoms with Crippen molar-refractivity contribution in [3.63, 3.8) is 0 Å². The van der Waals surface area contributed by atoms with Gasteiger partial charge in [0.15, 0.2) is 0 Å². The molecular formula is C40H41BrN12. The van der Waals surface area contributed by atoms with Gasteiger partial charge in [0.1, 0.15) is 11.3 Å². The summed E-state index contributed by atoms with van der Waals surface area (Å²) in [6.45, 7) is 8.98. The van der Waals surface area contributed by atoms with Crippen LogP contribution in [0, 0.1) is 0 Å². The summed E-state index contributed by atoms with van der Waals surface area (Å²) < 4.78 is 0.964. The van der Waals surface area contributed by atoms with Crippen molar-refractivity contribution in [2.45, 2.75) is 0 Å². The number of nitrogens with one attached hydrogen (secondary N) is 3. The van der Waals surface area contributed by atoms with Crippen LogP contribution < -0.4 is 10.2 Å². The van der Waals surface area contributed by atoms with E-state index in [0.29, 0.717) is 0 Å². The number of likely N-dealkylation sites (N-methyl/N-ethyl adjacent to an activating group) is 2. The van der Waals surface area contributed by atoms with Gasteiger partial charge in [-0.05, 0) is 78.6 Å². The van der Waals surface area contributed by atoms with E-state index in [0.717, 1.165) is 110 Å². The van der Waals surface area contributed by atoms with E-state index < -0.39 is 0 Å². The quantitative estimate of drug-likeness (QED) is 0.186. The Morgan fingerprint density at radius 3 is 1.64 bits per heavy atom. The van der Waals surface area contributed by atoms with Crippen LogP contribution in [0.1, 0.15) is 0 Å². The molecule has 2 saturated heterocycles. The second-order valence-corrected chi connectivity index (χ2v) is 14.4. The van der Waals surface area contributed by atoms with Crippen molar-refractivity contribution in [2.75, 3.05) is 71.4 Å². The van der Waals surface area contributed by atoms with Crippen molar-refractivity contribution in [1.82, 2.24) is 55.0 Å². The van der Waals surface area contributed by atoms with Crippen molar-refractivity contribution >= 4 is 65.5 Å². The van der Waals surface area contributed by atoms with Crippen LogP contribution >= 0.6 is 15.9 Å². The van der Waals surface area contributed by atoms with E-state index >= 15 is 0 Å². The van der Waals surface area contributed by atoms with Gasteiger partial charge in [-0.1, -0.05) is 0 Å². The normalized spacial score (nSPS) is 15.3. The Labute approximate surface area is 315 Å². The molecule has 13 heteroatoms. The fourth-order valence-electron chi connectivity index (χ4n) is 6.67. The molecule has 2 aliphatic rings. The number of halogens is 1. The van der Waals surface area contributed by atoms with Crippen LogP contribution in [-0.4, -0.2) is 116 Å². The van der Waals surface area contributed by atoms with Gasteiger partial charge in [0.2, 0.25) is 0 Å². The highest BCUT2D eigenvalue weighted by Crippen LogP contribution is 2.31. The maximum atomic E-state index is 4.66. The fraction of sp³-hybridized carbons (Fsp3) is 0.250. The van der Waals surface area contributed by atoms with Gasteiger partial charge in [0, 0.05) is 120 Å². The highest BCUT2D eigenvalue weighted by molar-refractivity contribution is 9.10. The third kappa shape index (κ3) is 7.88. The standard InChI is InChI=1S/C20H20N6.C15H9BrN4.C5H12N2/c1-25-5-7-26(8-6-25)15-9-17-16-10-18(14-3-2-4-21-11-14)22-13-19(16)24-20(17)23-12-15;16-10-4-12-11-5-13(9-2-1-3-17-6-9)18-8-14(11)20-15(12)19-7-10;1-7-4-2-6-3-5-7/h2-4,9-13H,5-8H2,1H3,(H,23,24);1-8H,(H,19,20);6H,2-5H2,1H3. The van der Waals surface area contributed by atoms with Crippen LogP contribution in [0.3, 0.4) is 0 Å². The van der Waals surface area contributed by atoms with E-state index in [-0.39, 0.29) is 0 Å². The number of H-pyrrole nitrogens is 2. The second kappa shape index (κ2) is 15.7. The van der Waals surface area contributed by atoms with Crippen molar-refractivity contribution in [2.24, 2.45) is 0 Å². The average Bonchev–Trinajstić information content (AvgIpc) is 3.76. The van der Waals surface area contributed by atoms with Gasteiger partial charge in [0.05, 0.1) is 46.7 Å². The Hall–Kier alpha value is -5.34. The summed E-state index contributed by atoms with van der Waals surface area (Å²) in [4.78, 5) is 40.2. The molecule has 0 saturated carbocycles. The monoisotopic (exact) mass is 768 g/mol. The number of anilines is 1. The Balaban J connectivity index is 0.000000131. The Morgan fingerprint density at radius 1 is 0.566 bits per heavy atom. The molecule has 0 aliphatic carbocycles. The predicted octanol–water partition coefficient (Wildman–Crippen LogP) is 6.38. The molecule has 8 aromatic heterocycles. The maximum absolute atomic E-state index is 4.66. The summed E-state index contributed by atoms with van der Waals surface area (Å²) in [5.74, 6) is 0. The number of aromatic amines is 2. The number of rotatable bonds is 3. The number of pyridine rings is 6. The molecular weight excluding hydrogens is 728 g/mol. The molecule has 2 aliphatic heterocycles. The molecule has 0 atom stereocenters. The van der Waals surface area contributed by atoms with Gasteiger partial charge in [-0.25, -0.2) is 9.97 Å². The molecule has 2 fully saturated rings. The largest absolute Gasteiger partial charge is 0.368 e. The van der Waals surface area contributed by atoms with Gasteiger partial charge in [-0.2, -0.15) is 0 Å². The zero-order valence-electron chi connectivity index (χ0n) is 29.8. The Kier molecular flexibility index (Phi) is 10.3. The van der Waals surface area contributed by atoms with Gasteiger partial charge < -0.3 is 30.0 Å². The fourth-order valence-corrected chi connectivity index (χ4v) is 7.00. The summed E-state index contributed by atoms with van der Waals surface area (Å²) in [5, 5.41) is 7.77. The van der Waals surface area contributed by atoms with Gasteiger partial charge in [-0.3, -0.25) is 19.9 Å². The molecule has 3 N–H and O–H groups in total. The van der Waals surface area contributed by atoms with E-state index in [1.54, 1.807) is 18.6 Å². The lowest BCUT2D eigenvalue weighted by atomic mass is 10.1. The first-order chi connectivity index (χ1) is 26.0. The van der Waals surface area contributed by atoms with Gasteiger partial charge >= 0.3 is 0 Å². The minimum atomic E-state index is 0.869. The zero-order valence-corrected chi connectivity index (χ0v) is 31.4. The van der Waals surface area contributed by atoms with E-state index in [9.17, 15) is 0 Å². The van der Waals surface area contributed by atoms with Crippen LogP contribution in [0.15, 0.2) is 103 Å². The molecule has 0 unspecified atom stereocenters. The topological polar surface area (TPSA) is 131 Å². The third-order valence-corrected chi connectivity index (χ3v) is 10.2. The van der Waals surface area contributed by atoms with Crippen molar-refractivity contribution in [3.05, 3.63) is 103 Å². The van der Waals surface area contributed by atoms with Crippen LogP contribution in [0.4, 0.5) is 5.69 Å². The highest BCUT2D eigenvalue weighted by atomic mass is 79.9. The lowest BCUT2D eigenvalue weighted by Crippen LogP contribution is -2.44. The van der Waals surface area contributed by atoms with Crippen LogP contribution in [0.2, 0.25) is 0 Å². The van der Waals surface area contributed by atoms with Crippen LogP contribution in [0.5, 0.6) is 0 Å². The van der Waals surface area contributed by atoms with E-state index in [1.165, 1.54) is 18.8 Å². The predicted molar refractivity (Wildman–Crippen MR) is 217 cm³/mol. The highest BCUT2D eigenvalue weighted by Gasteiger charge is 2.17. The molecule has 0 spiro atoms. The molecule has 10 heterocycles. The number of nitrogens with zero attached hydrogens (tertiary/aromatic N) is 9. The minimum absolute atomic E-state index is 0.869. The molecule has 8 aromatic rings. The number of hydrogen-bond acceptors (Lipinski definition) is 10. The summed E-state index contributed by atoms with van der Waals surface area (Å²) >= 11 is 3.46. The lowest BCUT2D eigenvalue weighted by Gasteiger charge is -2.33. The smallest absolute Gasteiger partial charge is 0.138 e. The number of fused-ring (bicyclic) bond motifs is 6. The van der Waals surface area contributed by atoms with Crippen molar-refractivity contribution in [3.8, 4) is 22.5 Å². The van der Waals surface area contributed by atoms with Crippen LogP contribution in [0.25, 0.3) is 66.4 Å². The Bertz CT molecular complexity index is 2450. The van der Waals surface area contributed by atoms with Crippen molar-refractivity contribution in [1.29, 1.82) is 0 Å². The molecule has 0 amide bonds. The minimum Gasteiger partial charge on any atom is -0.368 e. The molecule has 0 radical (unpaired) electrons. The average molecular weight is 770 g/mol. The van der Waals surface area contributed by atoms with Gasteiger partial charge in [-0.15, -0.1) is 0 Å². The Morgan fingerprint density at radius 2 is 1.11 bits per heavy atom. The van der Waals surface area contributed by atoms with Crippen molar-refractivity contribution < 1.29 is 0 Å². The first-order valence-corrected chi connectivity index (χ1v) is 18.6.